The van der Waals surface area contributed by atoms with Gasteiger partial charge in [0.15, 0.2) is 0 Å². The van der Waals surface area contributed by atoms with Crippen molar-refractivity contribution in [2.75, 3.05) is 24.2 Å². The van der Waals surface area contributed by atoms with Gasteiger partial charge in [-0.3, -0.25) is 13.9 Å². The zero-order valence-corrected chi connectivity index (χ0v) is 19.4. The Balaban J connectivity index is 2.43. The van der Waals surface area contributed by atoms with Gasteiger partial charge in [-0.05, 0) is 43.3 Å². The molecule has 0 saturated carbocycles. The van der Waals surface area contributed by atoms with E-state index >= 15 is 0 Å². The molecule has 0 aliphatic carbocycles. The molecule has 0 aliphatic heterocycles. The first kappa shape index (κ1) is 24.9. The van der Waals surface area contributed by atoms with E-state index in [2.05, 4.69) is 5.32 Å². The van der Waals surface area contributed by atoms with Gasteiger partial charge in [0.2, 0.25) is 21.8 Å². The van der Waals surface area contributed by atoms with Crippen LogP contribution in [0.1, 0.15) is 12.5 Å². The van der Waals surface area contributed by atoms with E-state index in [0.29, 0.717) is 15.6 Å². The molecule has 2 amide bonds. The molecule has 0 saturated heterocycles. The van der Waals surface area contributed by atoms with Crippen LogP contribution in [0.4, 0.5) is 10.1 Å². The molecule has 31 heavy (non-hydrogen) atoms. The summed E-state index contributed by atoms with van der Waals surface area (Å²) in [4.78, 5) is 26.7. The van der Waals surface area contributed by atoms with Gasteiger partial charge in [0.1, 0.15) is 18.4 Å². The van der Waals surface area contributed by atoms with Crippen molar-refractivity contribution in [1.82, 2.24) is 10.2 Å². The van der Waals surface area contributed by atoms with Gasteiger partial charge in [0.05, 0.1) is 11.9 Å². The Hall–Kier alpha value is -2.36. The normalized spacial score (nSPS) is 12.2. The number of sulfonamides is 1. The van der Waals surface area contributed by atoms with Crippen molar-refractivity contribution in [3.8, 4) is 0 Å². The maximum Gasteiger partial charge on any atom is 0.244 e. The van der Waals surface area contributed by atoms with Crippen LogP contribution in [-0.2, 0) is 26.2 Å². The van der Waals surface area contributed by atoms with Gasteiger partial charge in [0.25, 0.3) is 0 Å². The second-order valence-corrected chi connectivity index (χ2v) is 9.48. The van der Waals surface area contributed by atoms with Gasteiger partial charge >= 0.3 is 0 Å². The summed E-state index contributed by atoms with van der Waals surface area (Å²) in [6.07, 6.45) is 0.932. The Kier molecular flexibility index (Phi) is 8.27. The van der Waals surface area contributed by atoms with Crippen molar-refractivity contribution >= 4 is 50.7 Å². The summed E-state index contributed by atoms with van der Waals surface area (Å²) in [5.74, 6) is -1.67. The predicted molar refractivity (Wildman–Crippen MR) is 119 cm³/mol. The number of carbonyl (C=O) groups is 2. The Morgan fingerprint density at radius 2 is 1.65 bits per heavy atom. The lowest BCUT2D eigenvalue weighted by Crippen LogP contribution is -2.50. The predicted octanol–water partition coefficient (Wildman–Crippen LogP) is 3.06. The molecule has 0 heterocycles. The second-order valence-electron chi connectivity index (χ2n) is 6.76. The van der Waals surface area contributed by atoms with Crippen LogP contribution >= 0.6 is 23.2 Å². The van der Waals surface area contributed by atoms with Crippen LogP contribution in [0.5, 0.6) is 0 Å². The van der Waals surface area contributed by atoms with E-state index in [0.717, 1.165) is 22.7 Å². The molecule has 0 bridgehead atoms. The zero-order valence-electron chi connectivity index (χ0n) is 17.1. The minimum atomic E-state index is -3.89. The summed E-state index contributed by atoms with van der Waals surface area (Å²) in [5.41, 5.74) is 0.531. The number of nitrogens with zero attached hydrogens (tertiary/aromatic N) is 2. The number of anilines is 1. The number of halogens is 3. The van der Waals surface area contributed by atoms with Gasteiger partial charge in [0, 0.05) is 29.2 Å². The molecule has 11 heteroatoms. The summed E-state index contributed by atoms with van der Waals surface area (Å²) in [7, 11) is -2.47. The molecule has 7 nitrogen and oxygen atoms in total. The molecule has 1 N–H and O–H groups in total. The average Bonchev–Trinajstić information content (AvgIpc) is 2.70. The van der Waals surface area contributed by atoms with Crippen molar-refractivity contribution < 1.29 is 22.4 Å². The molecule has 2 aromatic carbocycles. The molecule has 0 spiro atoms. The van der Waals surface area contributed by atoms with Crippen molar-refractivity contribution in [2.45, 2.75) is 19.5 Å². The van der Waals surface area contributed by atoms with E-state index < -0.39 is 40.2 Å². The molecule has 1 atom stereocenters. The molecule has 0 fully saturated rings. The number of rotatable bonds is 8. The van der Waals surface area contributed by atoms with Crippen molar-refractivity contribution in [3.63, 3.8) is 0 Å². The third-order valence-electron chi connectivity index (χ3n) is 4.60. The molecular formula is C20H22Cl2FN3O4S. The van der Waals surface area contributed by atoms with Crippen molar-refractivity contribution in [3.05, 3.63) is 63.9 Å². The second kappa shape index (κ2) is 10.3. The minimum absolute atomic E-state index is 0.112. The van der Waals surface area contributed by atoms with Gasteiger partial charge in [-0.15, -0.1) is 0 Å². The van der Waals surface area contributed by atoms with Gasteiger partial charge in [-0.2, -0.15) is 0 Å². The van der Waals surface area contributed by atoms with Crippen LogP contribution < -0.4 is 9.62 Å². The zero-order chi connectivity index (χ0) is 23.3. The molecule has 0 radical (unpaired) electrons. The average molecular weight is 490 g/mol. The first-order valence-electron chi connectivity index (χ1n) is 9.13. The molecule has 2 aromatic rings. The fraction of sp³-hybridized carbons (Fsp3) is 0.300. The van der Waals surface area contributed by atoms with Crippen LogP contribution in [0.2, 0.25) is 10.0 Å². The smallest absolute Gasteiger partial charge is 0.244 e. The fourth-order valence-electron chi connectivity index (χ4n) is 2.87. The van der Waals surface area contributed by atoms with E-state index in [1.165, 1.54) is 31.0 Å². The SMILES string of the molecule is CNC(=O)C(C)N(Cc1c(Cl)cccc1Cl)C(=O)CN(c1ccc(F)cc1)S(C)(=O)=O. The largest absolute Gasteiger partial charge is 0.357 e. The first-order valence-corrected chi connectivity index (χ1v) is 11.7. The summed E-state index contributed by atoms with van der Waals surface area (Å²) in [5, 5.41) is 3.06. The third kappa shape index (κ3) is 6.32. The third-order valence-corrected chi connectivity index (χ3v) is 6.45. The summed E-state index contributed by atoms with van der Waals surface area (Å²) in [6.45, 7) is 0.783. The van der Waals surface area contributed by atoms with E-state index in [-0.39, 0.29) is 12.2 Å². The summed E-state index contributed by atoms with van der Waals surface area (Å²) < 4.78 is 38.8. The van der Waals surface area contributed by atoms with E-state index in [1.807, 2.05) is 0 Å². The van der Waals surface area contributed by atoms with Crippen LogP contribution in [0.3, 0.4) is 0 Å². The number of likely N-dealkylation sites (N-methyl/N-ethyl adjacent to an activating group) is 1. The molecule has 168 valence electrons. The molecule has 0 aliphatic rings. The highest BCUT2D eigenvalue weighted by Gasteiger charge is 2.30. The van der Waals surface area contributed by atoms with Crippen LogP contribution in [0, 0.1) is 5.82 Å². The number of amides is 2. The lowest BCUT2D eigenvalue weighted by atomic mass is 10.1. The first-order chi connectivity index (χ1) is 14.5. The Morgan fingerprint density at radius 3 is 2.13 bits per heavy atom. The van der Waals surface area contributed by atoms with E-state index in [1.54, 1.807) is 18.2 Å². The van der Waals surface area contributed by atoms with Crippen LogP contribution in [-0.4, -0.2) is 51.0 Å². The topological polar surface area (TPSA) is 86.8 Å². The Labute approximate surface area is 190 Å². The molecule has 2 rings (SSSR count). The fourth-order valence-corrected chi connectivity index (χ4v) is 4.23. The van der Waals surface area contributed by atoms with Gasteiger partial charge < -0.3 is 10.2 Å². The standard InChI is InChI=1S/C20H22Cl2FN3O4S/c1-13(20(28)24-2)25(11-16-17(21)5-4-6-18(16)22)19(27)12-26(31(3,29)30)15-9-7-14(23)8-10-15/h4-10,13H,11-12H2,1-3H3,(H,24,28). The maximum atomic E-state index is 13.3. The van der Waals surface area contributed by atoms with Crippen LogP contribution in [0.15, 0.2) is 42.5 Å². The number of hydrogen-bond donors (Lipinski definition) is 1. The number of benzene rings is 2. The van der Waals surface area contributed by atoms with E-state index in [9.17, 15) is 22.4 Å². The summed E-state index contributed by atoms with van der Waals surface area (Å²) >= 11 is 12.4. The van der Waals surface area contributed by atoms with Crippen molar-refractivity contribution in [2.24, 2.45) is 0 Å². The van der Waals surface area contributed by atoms with Crippen LogP contribution in [0.25, 0.3) is 0 Å². The summed E-state index contributed by atoms with van der Waals surface area (Å²) in [6, 6.07) is 8.57. The number of hydrogen-bond acceptors (Lipinski definition) is 4. The lowest BCUT2D eigenvalue weighted by molar-refractivity contribution is -0.139. The molecule has 0 aromatic heterocycles. The van der Waals surface area contributed by atoms with E-state index in [4.69, 9.17) is 23.2 Å². The molecular weight excluding hydrogens is 468 g/mol. The van der Waals surface area contributed by atoms with Gasteiger partial charge in [-0.25, -0.2) is 12.8 Å². The maximum absolute atomic E-state index is 13.3. The molecule has 1 unspecified atom stereocenters. The highest BCUT2D eigenvalue weighted by molar-refractivity contribution is 7.92. The highest BCUT2D eigenvalue weighted by Crippen LogP contribution is 2.27. The lowest BCUT2D eigenvalue weighted by Gasteiger charge is -2.31. The quantitative estimate of drug-likeness (QED) is 0.617. The number of nitrogens with one attached hydrogen (secondary N) is 1. The highest BCUT2D eigenvalue weighted by atomic mass is 35.5. The number of carbonyl (C=O) groups excluding carboxylic acids is 2. The monoisotopic (exact) mass is 489 g/mol. The minimum Gasteiger partial charge on any atom is -0.357 e. The Bertz CT molecular complexity index is 1040. The Morgan fingerprint density at radius 1 is 1.10 bits per heavy atom. The van der Waals surface area contributed by atoms with Crippen molar-refractivity contribution in [1.29, 1.82) is 0 Å². The van der Waals surface area contributed by atoms with Gasteiger partial charge in [-0.1, -0.05) is 29.3 Å².